The number of methoxy groups -OCH3 is 1. The Morgan fingerprint density at radius 2 is 1.74 bits per heavy atom. The summed E-state index contributed by atoms with van der Waals surface area (Å²) in [6.45, 7) is -0.114. The summed E-state index contributed by atoms with van der Waals surface area (Å²) in [7, 11) is 1.53. The van der Waals surface area contributed by atoms with Crippen LogP contribution in [-0.4, -0.2) is 33.8 Å². The topological polar surface area (TPSA) is 106 Å². The van der Waals surface area contributed by atoms with Crippen LogP contribution in [0.25, 0.3) is 11.3 Å². The molecule has 2 rings (SSSR count). The predicted octanol–water partition coefficient (Wildman–Crippen LogP) is 1.70. The Morgan fingerprint density at radius 3 is 2.26 bits per heavy atom. The normalized spacial score (nSPS) is 10.3. The maximum absolute atomic E-state index is 12.3. The Balaban J connectivity index is 2.56. The van der Waals surface area contributed by atoms with Gasteiger partial charge in [-0.2, -0.15) is 0 Å². The number of benzene rings is 1. The van der Waals surface area contributed by atoms with Gasteiger partial charge in [0.25, 0.3) is 5.56 Å². The Morgan fingerprint density at radius 1 is 1.09 bits per heavy atom. The zero-order valence-corrected chi connectivity index (χ0v) is 12.4. The molecule has 23 heavy (non-hydrogen) atoms. The quantitative estimate of drug-likeness (QED) is 0.840. The number of rotatable bonds is 6. The molecule has 1 heterocycles. The lowest BCUT2D eigenvalue weighted by atomic mass is 10.1. The summed E-state index contributed by atoms with van der Waals surface area (Å²) in [5, 5.41) is 17.9. The molecule has 0 unspecified atom stereocenters. The molecule has 1 aromatic heterocycles. The van der Waals surface area contributed by atoms with E-state index in [2.05, 4.69) is 0 Å². The van der Waals surface area contributed by atoms with E-state index < -0.39 is 23.1 Å². The second-order valence-corrected chi connectivity index (χ2v) is 4.77. The van der Waals surface area contributed by atoms with Crippen molar-refractivity contribution in [2.45, 2.75) is 13.0 Å². The van der Waals surface area contributed by atoms with Crippen LogP contribution >= 0.6 is 0 Å². The molecule has 0 aliphatic heterocycles. The van der Waals surface area contributed by atoms with Crippen LogP contribution in [-0.2, 0) is 11.3 Å². The highest BCUT2D eigenvalue weighted by molar-refractivity contribution is 5.87. The van der Waals surface area contributed by atoms with E-state index in [9.17, 15) is 14.4 Å². The fourth-order valence-electron chi connectivity index (χ4n) is 2.18. The molecule has 0 amide bonds. The van der Waals surface area contributed by atoms with E-state index in [1.165, 1.54) is 23.8 Å². The standard InChI is InChI=1S/C16H15NO6/c1-23-11-4-2-10(3-5-11)13-7-6-12(16(21)22)15(20)17(13)9-8-14(18)19/h2-7H,8-9H2,1H3,(H,18,19)(H,21,22). The molecule has 0 spiro atoms. The third-order valence-corrected chi connectivity index (χ3v) is 3.34. The molecule has 2 aromatic rings. The van der Waals surface area contributed by atoms with E-state index in [0.29, 0.717) is 17.0 Å². The average Bonchev–Trinajstić information content (AvgIpc) is 2.53. The van der Waals surface area contributed by atoms with Crippen LogP contribution in [0.4, 0.5) is 0 Å². The number of nitrogens with zero attached hydrogens (tertiary/aromatic N) is 1. The van der Waals surface area contributed by atoms with E-state index in [0.717, 1.165) is 0 Å². The Labute approximate surface area is 131 Å². The fourth-order valence-corrected chi connectivity index (χ4v) is 2.18. The van der Waals surface area contributed by atoms with Gasteiger partial charge >= 0.3 is 11.9 Å². The van der Waals surface area contributed by atoms with Crippen molar-refractivity contribution in [2.75, 3.05) is 7.11 Å². The number of carbonyl (C=O) groups is 2. The van der Waals surface area contributed by atoms with Gasteiger partial charge < -0.3 is 19.5 Å². The van der Waals surface area contributed by atoms with Crippen LogP contribution in [0, 0.1) is 0 Å². The van der Waals surface area contributed by atoms with Crippen molar-refractivity contribution in [3.05, 3.63) is 52.3 Å². The van der Waals surface area contributed by atoms with Crippen molar-refractivity contribution in [1.82, 2.24) is 4.57 Å². The molecule has 0 radical (unpaired) electrons. The van der Waals surface area contributed by atoms with Crippen molar-refractivity contribution in [3.63, 3.8) is 0 Å². The summed E-state index contributed by atoms with van der Waals surface area (Å²) in [5.74, 6) is -1.78. The first kappa shape index (κ1) is 16.3. The molecule has 0 saturated heterocycles. The highest BCUT2D eigenvalue weighted by atomic mass is 16.5. The molecular weight excluding hydrogens is 302 g/mol. The molecule has 1 aromatic carbocycles. The third-order valence-electron chi connectivity index (χ3n) is 3.34. The summed E-state index contributed by atoms with van der Waals surface area (Å²) in [5.41, 5.74) is -0.0196. The summed E-state index contributed by atoms with van der Waals surface area (Å²) < 4.78 is 6.23. The number of hydrogen-bond acceptors (Lipinski definition) is 4. The molecule has 7 heteroatoms. The summed E-state index contributed by atoms with van der Waals surface area (Å²) in [6.07, 6.45) is -0.286. The van der Waals surface area contributed by atoms with Gasteiger partial charge in [-0.3, -0.25) is 9.59 Å². The number of aromatic nitrogens is 1. The number of aliphatic carboxylic acids is 1. The number of carboxylic acid groups (broad SMARTS) is 2. The molecular formula is C16H15NO6. The van der Waals surface area contributed by atoms with Gasteiger partial charge in [0.2, 0.25) is 0 Å². The summed E-state index contributed by atoms with van der Waals surface area (Å²) in [6, 6.07) is 9.55. The van der Waals surface area contributed by atoms with Gasteiger partial charge in [-0.1, -0.05) is 0 Å². The molecule has 7 nitrogen and oxygen atoms in total. The first-order valence-electron chi connectivity index (χ1n) is 6.77. The van der Waals surface area contributed by atoms with Crippen LogP contribution in [0.2, 0.25) is 0 Å². The van der Waals surface area contributed by atoms with Crippen molar-refractivity contribution in [3.8, 4) is 17.0 Å². The average molecular weight is 317 g/mol. The Bertz CT molecular complexity index is 791. The van der Waals surface area contributed by atoms with Gasteiger partial charge in [0, 0.05) is 6.54 Å². The van der Waals surface area contributed by atoms with Gasteiger partial charge in [0.05, 0.1) is 19.2 Å². The minimum absolute atomic E-state index is 0.114. The van der Waals surface area contributed by atoms with Gasteiger partial charge in [-0.25, -0.2) is 4.79 Å². The highest BCUT2D eigenvalue weighted by Crippen LogP contribution is 2.22. The predicted molar refractivity (Wildman–Crippen MR) is 81.9 cm³/mol. The summed E-state index contributed by atoms with van der Waals surface area (Å²) in [4.78, 5) is 34.2. The van der Waals surface area contributed by atoms with Crippen LogP contribution in [0.15, 0.2) is 41.2 Å². The monoisotopic (exact) mass is 317 g/mol. The van der Waals surface area contributed by atoms with E-state index in [1.54, 1.807) is 24.3 Å². The number of carboxylic acids is 2. The van der Waals surface area contributed by atoms with Crippen LogP contribution in [0.3, 0.4) is 0 Å². The Hall–Kier alpha value is -3.09. The lowest BCUT2D eigenvalue weighted by Crippen LogP contribution is -2.28. The van der Waals surface area contributed by atoms with Crippen molar-refractivity contribution in [2.24, 2.45) is 0 Å². The molecule has 0 atom stereocenters. The van der Waals surface area contributed by atoms with E-state index >= 15 is 0 Å². The SMILES string of the molecule is COc1ccc(-c2ccc(C(=O)O)c(=O)n2CCC(=O)O)cc1. The zero-order chi connectivity index (χ0) is 17.0. The second-order valence-electron chi connectivity index (χ2n) is 4.77. The lowest BCUT2D eigenvalue weighted by Gasteiger charge is -2.13. The van der Waals surface area contributed by atoms with Crippen molar-refractivity contribution in [1.29, 1.82) is 0 Å². The summed E-state index contributed by atoms with van der Waals surface area (Å²) >= 11 is 0. The number of ether oxygens (including phenoxy) is 1. The van der Waals surface area contributed by atoms with Gasteiger partial charge in [0.15, 0.2) is 0 Å². The molecule has 0 bridgehead atoms. The molecule has 0 saturated carbocycles. The molecule has 2 N–H and O–H groups in total. The first-order chi connectivity index (χ1) is 10.9. The van der Waals surface area contributed by atoms with E-state index in [4.69, 9.17) is 14.9 Å². The smallest absolute Gasteiger partial charge is 0.341 e. The number of aromatic carboxylic acids is 1. The Kier molecular flexibility index (Phi) is 4.80. The van der Waals surface area contributed by atoms with Crippen LogP contribution in [0.1, 0.15) is 16.8 Å². The fraction of sp³-hybridized carbons (Fsp3) is 0.188. The third kappa shape index (κ3) is 3.57. The maximum atomic E-state index is 12.3. The van der Waals surface area contributed by atoms with Gasteiger partial charge in [0.1, 0.15) is 11.3 Å². The van der Waals surface area contributed by atoms with Gasteiger partial charge in [-0.05, 0) is 42.0 Å². The minimum Gasteiger partial charge on any atom is -0.497 e. The largest absolute Gasteiger partial charge is 0.497 e. The van der Waals surface area contributed by atoms with Crippen molar-refractivity contribution >= 4 is 11.9 Å². The molecule has 0 fully saturated rings. The maximum Gasteiger partial charge on any atom is 0.341 e. The van der Waals surface area contributed by atoms with Crippen LogP contribution < -0.4 is 10.3 Å². The molecule has 0 aliphatic rings. The lowest BCUT2D eigenvalue weighted by molar-refractivity contribution is -0.137. The van der Waals surface area contributed by atoms with Crippen molar-refractivity contribution < 1.29 is 24.5 Å². The number of pyridine rings is 1. The van der Waals surface area contributed by atoms with E-state index in [1.807, 2.05) is 0 Å². The first-order valence-corrected chi connectivity index (χ1v) is 6.77. The van der Waals surface area contributed by atoms with Crippen LogP contribution in [0.5, 0.6) is 5.75 Å². The highest BCUT2D eigenvalue weighted by Gasteiger charge is 2.15. The number of hydrogen-bond donors (Lipinski definition) is 2. The van der Waals surface area contributed by atoms with Gasteiger partial charge in [-0.15, -0.1) is 0 Å². The minimum atomic E-state index is -1.35. The second kappa shape index (κ2) is 6.78. The zero-order valence-electron chi connectivity index (χ0n) is 12.4. The van der Waals surface area contributed by atoms with E-state index in [-0.39, 0.29) is 13.0 Å². The molecule has 120 valence electrons. The molecule has 0 aliphatic carbocycles.